The largest absolute Gasteiger partial charge is 0.206 e. The molecule has 0 nitrogen and oxygen atoms in total. The number of hydrogen-bond acceptors (Lipinski definition) is 0. The summed E-state index contributed by atoms with van der Waals surface area (Å²) in [5.74, 6) is -0.247. The molecule has 60 valence electrons. The molecule has 0 bridgehead atoms. The van der Waals surface area contributed by atoms with Crippen molar-refractivity contribution in [2.75, 3.05) is 0 Å². The van der Waals surface area contributed by atoms with Gasteiger partial charge in [0.25, 0.3) is 0 Å². The summed E-state index contributed by atoms with van der Waals surface area (Å²) < 4.78 is 12.3. The van der Waals surface area contributed by atoms with Crippen LogP contribution >= 0.6 is 0 Å². The molecule has 0 aromatic rings. The molecule has 0 saturated heterocycles. The molecule has 0 fully saturated rings. The van der Waals surface area contributed by atoms with Gasteiger partial charge < -0.3 is 0 Å². The first-order chi connectivity index (χ1) is 5.29. The predicted molar refractivity (Wildman–Crippen MR) is 46.9 cm³/mol. The zero-order chi connectivity index (χ0) is 8.69. The highest BCUT2D eigenvalue weighted by molar-refractivity contribution is 5.29. The third-order valence-corrected chi connectivity index (χ3v) is 1.04. The van der Waals surface area contributed by atoms with Crippen molar-refractivity contribution in [2.24, 2.45) is 0 Å². The highest BCUT2D eigenvalue weighted by Crippen LogP contribution is 2.04. The Balaban J connectivity index is 0.000000461. The van der Waals surface area contributed by atoms with E-state index in [1.54, 1.807) is 12.2 Å². The van der Waals surface area contributed by atoms with Crippen LogP contribution in [0.2, 0.25) is 0 Å². The number of allylic oxidation sites excluding steroid dienone is 5. The van der Waals surface area contributed by atoms with E-state index in [-0.39, 0.29) is 5.83 Å². The Morgan fingerprint density at radius 1 is 1.18 bits per heavy atom. The molecule has 11 heavy (non-hydrogen) atoms. The lowest BCUT2D eigenvalue weighted by Gasteiger charge is -1.79. The molecule has 0 atom stereocenters. The zero-order valence-corrected chi connectivity index (χ0v) is 7.19. The van der Waals surface area contributed by atoms with Crippen molar-refractivity contribution in [1.29, 1.82) is 0 Å². The van der Waals surface area contributed by atoms with Gasteiger partial charge in [0.05, 0.1) is 0 Å². The molecule has 0 unspecified atom stereocenters. The van der Waals surface area contributed by atoms with Gasteiger partial charge in [-0.15, -0.1) is 5.73 Å². The minimum atomic E-state index is -0.247. The van der Waals surface area contributed by atoms with Gasteiger partial charge in [0.1, 0.15) is 5.83 Å². The fourth-order valence-corrected chi connectivity index (χ4v) is 0.560. The van der Waals surface area contributed by atoms with Crippen molar-refractivity contribution < 1.29 is 4.39 Å². The maximum atomic E-state index is 12.3. The van der Waals surface area contributed by atoms with Gasteiger partial charge in [-0.3, -0.25) is 0 Å². The molecule has 0 aliphatic heterocycles. The molecule has 0 saturated carbocycles. The Morgan fingerprint density at radius 2 is 1.82 bits per heavy atom. The lowest BCUT2D eigenvalue weighted by Crippen LogP contribution is -1.61. The molecular formula is C10H13F. The molecule has 0 N–H and O–H groups in total. The summed E-state index contributed by atoms with van der Waals surface area (Å²) in [4.78, 5) is 0. The summed E-state index contributed by atoms with van der Waals surface area (Å²) in [5, 5.41) is 0. The van der Waals surface area contributed by atoms with Crippen LogP contribution in [0.1, 0.15) is 20.8 Å². The van der Waals surface area contributed by atoms with Crippen LogP contribution in [0.3, 0.4) is 0 Å². The number of hydrogen-bond donors (Lipinski definition) is 0. The second kappa shape index (κ2) is 5.70. The van der Waals surface area contributed by atoms with E-state index in [1.165, 1.54) is 12.2 Å². The van der Waals surface area contributed by atoms with Crippen LogP contribution in [0.5, 0.6) is 0 Å². The monoisotopic (exact) mass is 152 g/mol. The van der Waals surface area contributed by atoms with Crippen LogP contribution < -0.4 is 0 Å². The standard InChI is InChI=1S/C8H7F.C2H6/c1-7-3-2-4-8(9)6-5-7;1-2/h3-6H,1H3;1-2H3. The van der Waals surface area contributed by atoms with E-state index in [0.29, 0.717) is 0 Å². The normalized spacial score (nSPS) is 14.2. The molecule has 0 spiro atoms. The zero-order valence-electron chi connectivity index (χ0n) is 7.19. The van der Waals surface area contributed by atoms with E-state index in [0.717, 1.165) is 5.57 Å². The lowest BCUT2D eigenvalue weighted by atomic mass is 10.3. The topological polar surface area (TPSA) is 0 Å². The van der Waals surface area contributed by atoms with Crippen LogP contribution in [0.15, 0.2) is 41.4 Å². The van der Waals surface area contributed by atoms with Crippen LogP contribution in [-0.2, 0) is 0 Å². The van der Waals surface area contributed by atoms with Gasteiger partial charge in [0, 0.05) is 6.08 Å². The molecule has 1 rings (SSSR count). The Hall–Kier alpha value is -1.07. The Bertz CT molecular complexity index is 203. The summed E-state index contributed by atoms with van der Waals surface area (Å²) in [7, 11) is 0. The molecule has 0 aromatic heterocycles. The lowest BCUT2D eigenvalue weighted by molar-refractivity contribution is 0.668. The van der Waals surface area contributed by atoms with Gasteiger partial charge in [0.2, 0.25) is 0 Å². The first-order valence-electron chi connectivity index (χ1n) is 3.75. The second-order valence-electron chi connectivity index (χ2n) is 1.92. The van der Waals surface area contributed by atoms with Crippen LogP contribution in [0, 0.1) is 0 Å². The van der Waals surface area contributed by atoms with Gasteiger partial charge in [-0.1, -0.05) is 19.9 Å². The van der Waals surface area contributed by atoms with Gasteiger partial charge in [-0.25, -0.2) is 4.39 Å². The molecule has 1 aliphatic rings. The first kappa shape index (κ1) is 9.93. The van der Waals surface area contributed by atoms with Crippen molar-refractivity contribution in [3.8, 4) is 0 Å². The van der Waals surface area contributed by atoms with Crippen LogP contribution in [0.25, 0.3) is 0 Å². The molecular weight excluding hydrogens is 139 g/mol. The summed E-state index contributed by atoms with van der Waals surface area (Å²) in [6.45, 7) is 5.90. The Labute approximate surface area is 67.4 Å². The molecule has 0 heterocycles. The van der Waals surface area contributed by atoms with E-state index in [1.807, 2.05) is 20.8 Å². The smallest absolute Gasteiger partial charge is 0.130 e. The van der Waals surface area contributed by atoms with Gasteiger partial charge in [-0.05, 0) is 24.6 Å². The van der Waals surface area contributed by atoms with Gasteiger partial charge >= 0.3 is 0 Å². The quantitative estimate of drug-likeness (QED) is 0.466. The molecule has 0 aromatic carbocycles. The summed E-state index contributed by atoms with van der Waals surface area (Å²) in [5.41, 5.74) is 3.70. The highest BCUT2D eigenvalue weighted by atomic mass is 19.1. The molecule has 1 heteroatoms. The fraction of sp³-hybridized carbons (Fsp3) is 0.300. The first-order valence-corrected chi connectivity index (χ1v) is 3.75. The van der Waals surface area contributed by atoms with Crippen molar-refractivity contribution >= 4 is 0 Å². The van der Waals surface area contributed by atoms with E-state index in [4.69, 9.17) is 0 Å². The van der Waals surface area contributed by atoms with Crippen molar-refractivity contribution in [3.05, 3.63) is 41.4 Å². The van der Waals surface area contributed by atoms with E-state index in [2.05, 4.69) is 5.73 Å². The summed E-state index contributed by atoms with van der Waals surface area (Å²) in [6.07, 6.45) is 6.19. The maximum absolute atomic E-state index is 12.3. The van der Waals surface area contributed by atoms with E-state index >= 15 is 0 Å². The second-order valence-corrected chi connectivity index (χ2v) is 1.92. The molecule has 0 radical (unpaired) electrons. The van der Waals surface area contributed by atoms with E-state index in [9.17, 15) is 4.39 Å². The fourth-order valence-electron chi connectivity index (χ4n) is 0.560. The van der Waals surface area contributed by atoms with E-state index < -0.39 is 0 Å². The molecule has 1 aliphatic carbocycles. The average molecular weight is 152 g/mol. The number of rotatable bonds is 0. The van der Waals surface area contributed by atoms with Crippen molar-refractivity contribution in [2.45, 2.75) is 20.8 Å². The van der Waals surface area contributed by atoms with Gasteiger partial charge in [0.15, 0.2) is 0 Å². The highest BCUT2D eigenvalue weighted by Gasteiger charge is 1.86. The maximum Gasteiger partial charge on any atom is 0.130 e. The molecule has 0 amide bonds. The van der Waals surface area contributed by atoms with Gasteiger partial charge in [-0.2, -0.15) is 0 Å². The van der Waals surface area contributed by atoms with Crippen molar-refractivity contribution in [3.63, 3.8) is 0 Å². The van der Waals surface area contributed by atoms with Crippen LogP contribution in [0.4, 0.5) is 4.39 Å². The Kier molecular flexibility index (Phi) is 5.14. The average Bonchev–Trinajstić information content (AvgIpc) is 2.20. The summed E-state index contributed by atoms with van der Waals surface area (Å²) in [6, 6.07) is 0. The van der Waals surface area contributed by atoms with Crippen molar-refractivity contribution in [1.82, 2.24) is 0 Å². The third-order valence-electron chi connectivity index (χ3n) is 1.04. The minimum absolute atomic E-state index is 0.247. The third kappa shape index (κ3) is 4.35. The summed E-state index contributed by atoms with van der Waals surface area (Å²) >= 11 is 0. The Morgan fingerprint density at radius 3 is 2.45 bits per heavy atom. The minimum Gasteiger partial charge on any atom is -0.206 e. The number of halogens is 1. The van der Waals surface area contributed by atoms with Crippen LogP contribution in [-0.4, -0.2) is 0 Å². The predicted octanol–water partition coefficient (Wildman–Crippen LogP) is 3.54. The SMILES string of the molecule is CC.CC1=CC=C(F)C=C=C1.